The van der Waals surface area contributed by atoms with Gasteiger partial charge in [0.25, 0.3) is 0 Å². The maximum Gasteiger partial charge on any atom is 0.410 e. The van der Waals surface area contributed by atoms with Gasteiger partial charge in [-0.3, -0.25) is 4.90 Å². The van der Waals surface area contributed by atoms with Crippen molar-refractivity contribution in [1.29, 1.82) is 0 Å². The first kappa shape index (κ1) is 13.4. The van der Waals surface area contributed by atoms with E-state index >= 15 is 0 Å². The minimum absolute atomic E-state index is 0.162. The molecule has 1 aromatic rings. The number of likely N-dealkylation sites (tertiary alicyclic amines) is 2. The van der Waals surface area contributed by atoms with Crippen LogP contribution >= 0.6 is 0 Å². The monoisotopic (exact) mass is 274 g/mol. The average Bonchev–Trinajstić information content (AvgIpc) is 3.06. The van der Waals surface area contributed by atoms with Gasteiger partial charge in [0.1, 0.15) is 6.61 Å². The van der Waals surface area contributed by atoms with Crippen LogP contribution in [0.1, 0.15) is 25.8 Å². The third-order valence-corrected chi connectivity index (χ3v) is 4.39. The summed E-state index contributed by atoms with van der Waals surface area (Å²) in [6.45, 7) is 6.61. The van der Waals surface area contributed by atoms with E-state index in [1.165, 1.54) is 0 Å². The van der Waals surface area contributed by atoms with Crippen molar-refractivity contribution >= 4 is 6.09 Å². The molecular formula is C16H22N2O2. The number of carbonyl (C=O) groups is 1. The number of hydrogen-bond acceptors (Lipinski definition) is 3. The summed E-state index contributed by atoms with van der Waals surface area (Å²) in [5.41, 5.74) is 1.04. The Hall–Kier alpha value is -1.55. The van der Waals surface area contributed by atoms with Crippen molar-refractivity contribution < 1.29 is 9.53 Å². The highest BCUT2D eigenvalue weighted by atomic mass is 16.6. The standard InChI is InChI=1S/C16H22N2O2/c1-12(2)17-9-15-8-14(17)10-18(15)16(19)20-11-13-6-4-3-5-7-13/h3-7,12,14-15H,8-11H2,1-2H3/t14-,15-/m1/s1. The number of benzene rings is 1. The predicted octanol–water partition coefficient (Wildman–Crippen LogP) is 2.49. The quantitative estimate of drug-likeness (QED) is 0.849. The molecule has 1 aromatic carbocycles. The number of hydrogen-bond donors (Lipinski definition) is 0. The topological polar surface area (TPSA) is 32.8 Å². The molecule has 0 N–H and O–H groups in total. The van der Waals surface area contributed by atoms with Crippen LogP contribution in [0.2, 0.25) is 0 Å². The van der Waals surface area contributed by atoms with Gasteiger partial charge in [-0.15, -0.1) is 0 Å². The molecule has 108 valence electrons. The summed E-state index contributed by atoms with van der Waals surface area (Å²) < 4.78 is 5.43. The largest absolute Gasteiger partial charge is 0.445 e. The summed E-state index contributed by atoms with van der Waals surface area (Å²) in [4.78, 5) is 16.6. The fourth-order valence-corrected chi connectivity index (χ4v) is 3.36. The van der Waals surface area contributed by atoms with E-state index in [0.717, 1.165) is 25.1 Å². The van der Waals surface area contributed by atoms with Gasteiger partial charge in [0.05, 0.1) is 0 Å². The van der Waals surface area contributed by atoms with E-state index < -0.39 is 0 Å². The highest BCUT2D eigenvalue weighted by Crippen LogP contribution is 2.32. The van der Waals surface area contributed by atoms with Gasteiger partial charge < -0.3 is 9.64 Å². The lowest BCUT2D eigenvalue weighted by Gasteiger charge is -2.35. The molecule has 2 aliphatic heterocycles. The minimum atomic E-state index is -0.162. The van der Waals surface area contributed by atoms with E-state index in [-0.39, 0.29) is 6.09 Å². The fraction of sp³-hybridized carbons (Fsp3) is 0.562. The molecule has 2 bridgehead atoms. The van der Waals surface area contributed by atoms with E-state index in [1.54, 1.807) is 0 Å². The van der Waals surface area contributed by atoms with Crippen LogP contribution in [-0.4, -0.2) is 47.1 Å². The van der Waals surface area contributed by atoms with Crippen LogP contribution in [0.3, 0.4) is 0 Å². The Morgan fingerprint density at radius 1 is 1.25 bits per heavy atom. The van der Waals surface area contributed by atoms with Gasteiger partial charge in [-0.2, -0.15) is 0 Å². The first-order chi connectivity index (χ1) is 9.65. The zero-order valence-electron chi connectivity index (χ0n) is 12.2. The second-order valence-corrected chi connectivity index (χ2v) is 6.03. The van der Waals surface area contributed by atoms with Gasteiger partial charge in [0.15, 0.2) is 0 Å². The Bertz CT molecular complexity index is 475. The number of nitrogens with zero attached hydrogens (tertiary/aromatic N) is 2. The molecule has 0 radical (unpaired) electrons. The zero-order chi connectivity index (χ0) is 14.1. The molecule has 0 aliphatic carbocycles. The van der Waals surface area contributed by atoms with E-state index in [1.807, 2.05) is 35.2 Å². The molecule has 1 amide bonds. The predicted molar refractivity (Wildman–Crippen MR) is 77.4 cm³/mol. The highest BCUT2D eigenvalue weighted by Gasteiger charge is 2.46. The van der Waals surface area contributed by atoms with Crippen LogP contribution in [0, 0.1) is 0 Å². The second kappa shape index (κ2) is 5.44. The van der Waals surface area contributed by atoms with E-state index in [0.29, 0.717) is 24.7 Å². The second-order valence-electron chi connectivity index (χ2n) is 6.03. The first-order valence-corrected chi connectivity index (χ1v) is 7.38. The Balaban J connectivity index is 1.53. The fourth-order valence-electron chi connectivity index (χ4n) is 3.36. The van der Waals surface area contributed by atoms with E-state index in [4.69, 9.17) is 4.74 Å². The molecule has 4 nitrogen and oxygen atoms in total. The smallest absolute Gasteiger partial charge is 0.410 e. The molecule has 0 saturated carbocycles. The van der Waals surface area contributed by atoms with Crippen LogP contribution in [-0.2, 0) is 11.3 Å². The summed E-state index contributed by atoms with van der Waals surface area (Å²) in [6.07, 6.45) is 0.934. The van der Waals surface area contributed by atoms with Crippen LogP contribution in [0.15, 0.2) is 30.3 Å². The van der Waals surface area contributed by atoms with Crippen molar-refractivity contribution in [3.8, 4) is 0 Å². The average molecular weight is 274 g/mol. The van der Waals surface area contributed by atoms with Crippen LogP contribution < -0.4 is 0 Å². The van der Waals surface area contributed by atoms with Gasteiger partial charge in [-0.25, -0.2) is 4.79 Å². The normalized spacial score (nSPS) is 25.4. The van der Waals surface area contributed by atoms with Gasteiger partial charge >= 0.3 is 6.09 Å². The van der Waals surface area contributed by atoms with E-state index in [9.17, 15) is 4.79 Å². The molecule has 0 unspecified atom stereocenters. The van der Waals surface area contributed by atoms with Gasteiger partial charge in [0, 0.05) is 31.2 Å². The molecule has 20 heavy (non-hydrogen) atoms. The molecule has 3 rings (SSSR count). The first-order valence-electron chi connectivity index (χ1n) is 7.38. The Morgan fingerprint density at radius 2 is 2.00 bits per heavy atom. The molecule has 0 aromatic heterocycles. The summed E-state index contributed by atoms with van der Waals surface area (Å²) in [6, 6.07) is 11.3. The zero-order valence-corrected chi connectivity index (χ0v) is 12.2. The van der Waals surface area contributed by atoms with Crippen molar-refractivity contribution in [3.63, 3.8) is 0 Å². The highest BCUT2D eigenvalue weighted by molar-refractivity contribution is 5.69. The van der Waals surface area contributed by atoms with Crippen molar-refractivity contribution in [2.24, 2.45) is 0 Å². The number of carbonyl (C=O) groups excluding carboxylic acids is 1. The summed E-state index contributed by atoms with van der Waals surface area (Å²) in [5, 5.41) is 0. The van der Waals surface area contributed by atoms with Crippen LogP contribution in [0.25, 0.3) is 0 Å². The molecule has 0 spiro atoms. The van der Waals surface area contributed by atoms with Gasteiger partial charge in [-0.05, 0) is 25.8 Å². The Morgan fingerprint density at radius 3 is 2.60 bits per heavy atom. The Labute approximate surface area is 120 Å². The van der Waals surface area contributed by atoms with Gasteiger partial charge in [0.2, 0.25) is 0 Å². The molecule has 2 atom stereocenters. The van der Waals surface area contributed by atoms with E-state index in [2.05, 4.69) is 18.7 Å². The summed E-state index contributed by atoms with van der Waals surface area (Å²) in [7, 11) is 0. The number of piperazine rings is 1. The van der Waals surface area contributed by atoms with Gasteiger partial charge in [-0.1, -0.05) is 30.3 Å². The third kappa shape index (κ3) is 2.52. The number of fused-ring (bicyclic) bond motifs is 2. The summed E-state index contributed by atoms with van der Waals surface area (Å²) in [5.74, 6) is 0. The third-order valence-electron chi connectivity index (χ3n) is 4.39. The molecule has 2 heterocycles. The van der Waals surface area contributed by atoms with Crippen LogP contribution in [0.4, 0.5) is 4.79 Å². The van der Waals surface area contributed by atoms with Crippen molar-refractivity contribution in [2.75, 3.05) is 13.1 Å². The number of ether oxygens (including phenoxy) is 1. The number of rotatable bonds is 3. The molecule has 2 saturated heterocycles. The Kier molecular flexibility index (Phi) is 3.66. The summed E-state index contributed by atoms with van der Waals surface area (Å²) >= 11 is 0. The maximum absolute atomic E-state index is 12.2. The molecule has 2 fully saturated rings. The van der Waals surface area contributed by atoms with Crippen molar-refractivity contribution in [3.05, 3.63) is 35.9 Å². The van der Waals surface area contributed by atoms with Crippen molar-refractivity contribution in [2.45, 2.75) is 45.0 Å². The number of amides is 1. The molecular weight excluding hydrogens is 252 g/mol. The lowest BCUT2D eigenvalue weighted by molar-refractivity contribution is 0.0622. The van der Waals surface area contributed by atoms with Crippen LogP contribution in [0.5, 0.6) is 0 Å². The maximum atomic E-state index is 12.2. The van der Waals surface area contributed by atoms with Crippen molar-refractivity contribution in [1.82, 2.24) is 9.80 Å². The lowest BCUT2D eigenvalue weighted by Crippen LogP contribution is -2.50. The molecule has 4 heteroatoms. The molecule has 2 aliphatic rings. The minimum Gasteiger partial charge on any atom is -0.445 e. The lowest BCUT2D eigenvalue weighted by atomic mass is 10.2. The SMILES string of the molecule is CC(C)N1C[C@H]2C[C@@H]1CN2C(=O)OCc1ccccc1.